The zero-order valence-electron chi connectivity index (χ0n) is 14.6. The van der Waals surface area contributed by atoms with Crippen molar-refractivity contribution in [2.24, 2.45) is 0 Å². The lowest BCUT2D eigenvalue weighted by Crippen LogP contribution is -2.41. The molecule has 0 aromatic carbocycles. The van der Waals surface area contributed by atoms with Crippen molar-refractivity contribution in [3.8, 4) is 11.4 Å². The Balaban J connectivity index is 1.71. The third-order valence-electron chi connectivity index (χ3n) is 4.29. The number of ether oxygens (including phenoxy) is 1. The van der Waals surface area contributed by atoms with Crippen molar-refractivity contribution >= 4 is 15.9 Å². The Labute approximate surface area is 155 Å². The van der Waals surface area contributed by atoms with Crippen LogP contribution in [-0.4, -0.2) is 59.5 Å². The number of pyridine rings is 2. The van der Waals surface area contributed by atoms with Gasteiger partial charge in [0, 0.05) is 44.5 Å². The number of likely N-dealkylation sites (tertiary alicyclic amines) is 1. The first kappa shape index (κ1) is 18.9. The largest absolute Gasteiger partial charge is 0.490 e. The summed E-state index contributed by atoms with van der Waals surface area (Å²) in [5.41, 5.74) is 0.0955. The third kappa shape index (κ3) is 4.45. The normalized spacial score (nSPS) is 15.5. The van der Waals surface area contributed by atoms with Crippen molar-refractivity contribution in [2.75, 3.05) is 19.3 Å². The topological polar surface area (TPSA) is 119 Å². The lowest BCUT2D eigenvalue weighted by molar-refractivity contribution is 0.0893. The molecule has 2 aromatic rings. The van der Waals surface area contributed by atoms with Gasteiger partial charge in [-0.05, 0) is 18.2 Å². The molecular weight excluding hydrogens is 374 g/mol. The highest BCUT2D eigenvalue weighted by Gasteiger charge is 2.23. The van der Waals surface area contributed by atoms with E-state index in [1.807, 2.05) is 0 Å². The third-order valence-corrected chi connectivity index (χ3v) is 5.29. The minimum absolute atomic E-state index is 0.0630. The summed E-state index contributed by atoms with van der Waals surface area (Å²) in [5.74, 6) is 0.408. The molecule has 3 rings (SSSR count). The molecule has 0 bridgehead atoms. The number of nitrogens with zero attached hydrogens (tertiary/aromatic N) is 3. The number of piperidine rings is 1. The van der Waals surface area contributed by atoms with Crippen LogP contribution in [0.3, 0.4) is 0 Å². The maximum absolute atomic E-state index is 12.4. The van der Waals surface area contributed by atoms with Gasteiger partial charge in [0.1, 0.15) is 11.9 Å². The van der Waals surface area contributed by atoms with Gasteiger partial charge in [0.25, 0.3) is 5.56 Å². The molecule has 3 heterocycles. The maximum Gasteiger partial charge on any atom is 0.407 e. The Morgan fingerprint density at radius 1 is 1.26 bits per heavy atom. The second kappa shape index (κ2) is 7.39. The van der Waals surface area contributed by atoms with E-state index in [-0.39, 0.29) is 16.7 Å². The standard InChI is InChI=1S/C17H19N3O6S/c1-27(24,25)15-3-2-12(11-18-15)20-9-6-14(10-16(20)21)26-13-4-7-19(8-5-13)17(22)23/h2-3,6,9-11,13H,4-5,7-8H2,1H3,(H,22,23). The molecule has 9 nitrogen and oxygen atoms in total. The van der Waals surface area contributed by atoms with Crippen LogP contribution in [0.15, 0.2) is 46.5 Å². The molecular formula is C17H19N3O6S. The molecule has 1 fully saturated rings. The number of hydrogen-bond acceptors (Lipinski definition) is 6. The zero-order valence-corrected chi connectivity index (χ0v) is 15.4. The number of hydrogen-bond donors (Lipinski definition) is 1. The second-order valence-corrected chi connectivity index (χ2v) is 8.25. The molecule has 1 amide bonds. The van der Waals surface area contributed by atoms with E-state index in [9.17, 15) is 18.0 Å². The summed E-state index contributed by atoms with van der Waals surface area (Å²) in [4.78, 5) is 28.5. The number of rotatable bonds is 4. The molecule has 0 unspecified atom stereocenters. The van der Waals surface area contributed by atoms with Crippen LogP contribution in [0.2, 0.25) is 0 Å². The summed E-state index contributed by atoms with van der Waals surface area (Å²) in [6, 6.07) is 5.83. The Morgan fingerprint density at radius 3 is 2.48 bits per heavy atom. The van der Waals surface area contributed by atoms with Gasteiger partial charge < -0.3 is 14.7 Å². The smallest absolute Gasteiger partial charge is 0.407 e. The number of aromatic nitrogens is 2. The maximum atomic E-state index is 12.4. The predicted molar refractivity (Wildman–Crippen MR) is 96.2 cm³/mol. The SMILES string of the molecule is CS(=O)(=O)c1ccc(-n2ccc(OC3CCN(C(=O)O)CC3)cc2=O)cn1. The molecule has 0 spiro atoms. The van der Waals surface area contributed by atoms with E-state index in [4.69, 9.17) is 9.84 Å². The minimum atomic E-state index is -3.40. The van der Waals surface area contributed by atoms with E-state index in [1.54, 1.807) is 6.07 Å². The van der Waals surface area contributed by atoms with Gasteiger partial charge in [0.15, 0.2) is 14.9 Å². The summed E-state index contributed by atoms with van der Waals surface area (Å²) >= 11 is 0. The molecule has 0 aliphatic carbocycles. The summed E-state index contributed by atoms with van der Waals surface area (Å²) < 4.78 is 30.0. The molecule has 144 valence electrons. The van der Waals surface area contributed by atoms with E-state index < -0.39 is 15.9 Å². The first-order valence-corrected chi connectivity index (χ1v) is 10.2. The number of sulfone groups is 1. The van der Waals surface area contributed by atoms with Crippen molar-refractivity contribution in [1.82, 2.24) is 14.5 Å². The number of amides is 1. The highest BCUT2D eigenvalue weighted by Crippen LogP contribution is 2.18. The van der Waals surface area contributed by atoms with E-state index in [1.165, 1.54) is 40.1 Å². The molecule has 0 saturated carbocycles. The molecule has 10 heteroatoms. The first-order chi connectivity index (χ1) is 12.7. The van der Waals surface area contributed by atoms with Crippen molar-refractivity contribution in [1.29, 1.82) is 0 Å². The Bertz CT molecular complexity index is 992. The minimum Gasteiger partial charge on any atom is -0.490 e. The average molecular weight is 393 g/mol. The number of carboxylic acid groups (broad SMARTS) is 1. The van der Waals surface area contributed by atoms with Crippen LogP contribution >= 0.6 is 0 Å². The van der Waals surface area contributed by atoms with E-state index in [2.05, 4.69) is 4.98 Å². The van der Waals surface area contributed by atoms with Crippen LogP contribution in [-0.2, 0) is 9.84 Å². The highest BCUT2D eigenvalue weighted by molar-refractivity contribution is 7.90. The molecule has 0 radical (unpaired) electrons. The molecule has 1 saturated heterocycles. The number of carbonyl (C=O) groups is 1. The van der Waals surface area contributed by atoms with Gasteiger partial charge in [-0.1, -0.05) is 0 Å². The Hall–Kier alpha value is -2.88. The van der Waals surface area contributed by atoms with E-state index >= 15 is 0 Å². The van der Waals surface area contributed by atoms with Gasteiger partial charge in [-0.2, -0.15) is 0 Å². The fourth-order valence-corrected chi connectivity index (χ4v) is 3.40. The molecule has 1 aliphatic rings. The zero-order chi connectivity index (χ0) is 19.6. The van der Waals surface area contributed by atoms with Crippen molar-refractivity contribution in [3.63, 3.8) is 0 Å². The summed E-state index contributed by atoms with van der Waals surface area (Å²) in [6.45, 7) is 0.796. The quantitative estimate of drug-likeness (QED) is 0.828. The van der Waals surface area contributed by atoms with Gasteiger partial charge in [-0.25, -0.2) is 18.2 Å². The Kier molecular flexibility index (Phi) is 5.17. The van der Waals surface area contributed by atoms with Crippen LogP contribution in [0.5, 0.6) is 5.75 Å². The average Bonchev–Trinajstić information content (AvgIpc) is 2.62. The van der Waals surface area contributed by atoms with Gasteiger partial charge >= 0.3 is 6.09 Å². The van der Waals surface area contributed by atoms with Crippen LogP contribution < -0.4 is 10.3 Å². The summed E-state index contributed by atoms with van der Waals surface area (Å²) in [7, 11) is -3.40. The van der Waals surface area contributed by atoms with Gasteiger partial charge in [-0.15, -0.1) is 0 Å². The highest BCUT2D eigenvalue weighted by atomic mass is 32.2. The lowest BCUT2D eigenvalue weighted by atomic mass is 10.1. The van der Waals surface area contributed by atoms with Crippen molar-refractivity contribution < 1.29 is 23.1 Å². The van der Waals surface area contributed by atoms with Gasteiger partial charge in [0.05, 0.1) is 11.9 Å². The second-order valence-electron chi connectivity index (χ2n) is 6.28. The summed E-state index contributed by atoms with van der Waals surface area (Å²) in [6.07, 6.45) is 3.95. The molecule has 1 N–H and O–H groups in total. The predicted octanol–water partition coefficient (Wildman–Crippen LogP) is 1.16. The van der Waals surface area contributed by atoms with Crippen molar-refractivity contribution in [3.05, 3.63) is 47.0 Å². The van der Waals surface area contributed by atoms with Crippen LogP contribution in [0.25, 0.3) is 5.69 Å². The molecule has 0 atom stereocenters. The van der Waals surface area contributed by atoms with Crippen LogP contribution in [0, 0.1) is 0 Å². The summed E-state index contributed by atoms with van der Waals surface area (Å²) in [5, 5.41) is 8.89. The fraction of sp³-hybridized carbons (Fsp3) is 0.353. The lowest BCUT2D eigenvalue weighted by Gasteiger charge is -2.30. The van der Waals surface area contributed by atoms with Crippen LogP contribution in [0.4, 0.5) is 4.79 Å². The van der Waals surface area contributed by atoms with Crippen molar-refractivity contribution in [2.45, 2.75) is 24.0 Å². The monoisotopic (exact) mass is 393 g/mol. The first-order valence-electron chi connectivity index (χ1n) is 8.28. The molecule has 2 aromatic heterocycles. The molecule has 27 heavy (non-hydrogen) atoms. The van der Waals surface area contributed by atoms with Gasteiger partial charge in [0.2, 0.25) is 0 Å². The van der Waals surface area contributed by atoms with E-state index in [0.717, 1.165) is 6.26 Å². The van der Waals surface area contributed by atoms with E-state index in [0.29, 0.717) is 37.4 Å². The molecule has 1 aliphatic heterocycles. The van der Waals surface area contributed by atoms with Gasteiger partial charge in [-0.3, -0.25) is 9.36 Å². The fourth-order valence-electron chi connectivity index (χ4n) is 2.84. The Morgan fingerprint density at radius 2 is 1.96 bits per heavy atom. The van der Waals surface area contributed by atoms with Crippen LogP contribution in [0.1, 0.15) is 12.8 Å².